The normalized spacial score (nSPS) is 15.9. The number of benzene rings is 2. The highest BCUT2D eigenvalue weighted by Crippen LogP contribution is 2.31. The van der Waals surface area contributed by atoms with Gasteiger partial charge < -0.3 is 9.88 Å². The van der Waals surface area contributed by atoms with Crippen molar-refractivity contribution in [3.8, 4) is 12.3 Å². The summed E-state index contributed by atoms with van der Waals surface area (Å²) in [5.74, 6) is 2.86. The van der Waals surface area contributed by atoms with Crippen LogP contribution in [0, 0.1) is 18.3 Å². The predicted octanol–water partition coefficient (Wildman–Crippen LogP) is 4.10. The standard InChI is InChI=1S/C23H25N3O/c1-3-13-25-14-11-17(12-15-25)23(27)24-18-9-10-22-20(16-18)19-7-5-6-8-21(19)26(22)4-2/h1,5-10,16-17H,4,11-15H2,2H3,(H,24,27). The van der Waals surface area contributed by atoms with Gasteiger partial charge in [-0.3, -0.25) is 9.69 Å². The van der Waals surface area contributed by atoms with E-state index >= 15 is 0 Å². The molecule has 1 saturated heterocycles. The Bertz CT molecular complexity index is 1020. The summed E-state index contributed by atoms with van der Waals surface area (Å²) in [6.45, 7) is 5.54. The average Bonchev–Trinajstić information content (AvgIpc) is 3.02. The van der Waals surface area contributed by atoms with E-state index in [2.05, 4.69) is 64.0 Å². The highest BCUT2D eigenvalue weighted by Gasteiger charge is 2.24. The number of amides is 1. The van der Waals surface area contributed by atoms with Crippen LogP contribution in [0.15, 0.2) is 42.5 Å². The topological polar surface area (TPSA) is 37.3 Å². The second kappa shape index (κ2) is 7.46. The number of nitrogens with one attached hydrogen (secondary N) is 1. The van der Waals surface area contributed by atoms with Crippen LogP contribution in [0.2, 0.25) is 0 Å². The van der Waals surface area contributed by atoms with E-state index in [0.29, 0.717) is 6.54 Å². The second-order valence-electron chi connectivity index (χ2n) is 7.24. The lowest BCUT2D eigenvalue weighted by molar-refractivity contribution is -0.121. The van der Waals surface area contributed by atoms with Gasteiger partial charge >= 0.3 is 0 Å². The van der Waals surface area contributed by atoms with Gasteiger partial charge in [0, 0.05) is 40.0 Å². The third-order valence-electron chi connectivity index (χ3n) is 5.63. The molecule has 0 atom stereocenters. The van der Waals surface area contributed by atoms with Gasteiger partial charge in [-0.1, -0.05) is 24.1 Å². The van der Waals surface area contributed by atoms with Crippen LogP contribution in [0.25, 0.3) is 21.8 Å². The lowest BCUT2D eigenvalue weighted by Crippen LogP contribution is -2.38. The molecule has 138 valence electrons. The van der Waals surface area contributed by atoms with Gasteiger partial charge in [-0.05, 0) is 57.1 Å². The van der Waals surface area contributed by atoms with Gasteiger partial charge in [0.1, 0.15) is 0 Å². The highest BCUT2D eigenvalue weighted by molar-refractivity contribution is 6.09. The van der Waals surface area contributed by atoms with E-state index in [1.165, 1.54) is 21.8 Å². The van der Waals surface area contributed by atoms with Crippen LogP contribution in [-0.2, 0) is 11.3 Å². The SMILES string of the molecule is C#CCN1CCC(C(=O)Nc2ccc3c(c2)c2ccccc2n3CC)CC1. The Kier molecular flexibility index (Phi) is 4.87. The molecule has 1 aromatic heterocycles. The average molecular weight is 359 g/mol. The van der Waals surface area contributed by atoms with Gasteiger partial charge in [0.2, 0.25) is 5.91 Å². The van der Waals surface area contributed by atoms with Gasteiger partial charge in [-0.2, -0.15) is 0 Å². The van der Waals surface area contributed by atoms with Crippen LogP contribution >= 0.6 is 0 Å². The van der Waals surface area contributed by atoms with Gasteiger partial charge in [-0.15, -0.1) is 6.42 Å². The molecule has 1 aliphatic rings. The lowest BCUT2D eigenvalue weighted by Gasteiger charge is -2.29. The number of aryl methyl sites for hydroxylation is 1. The number of aromatic nitrogens is 1. The molecule has 0 bridgehead atoms. The number of fused-ring (bicyclic) bond motifs is 3. The summed E-state index contributed by atoms with van der Waals surface area (Å²) < 4.78 is 2.32. The molecule has 0 spiro atoms. The van der Waals surface area contributed by atoms with Crippen LogP contribution in [0.4, 0.5) is 5.69 Å². The zero-order valence-electron chi connectivity index (χ0n) is 15.7. The maximum atomic E-state index is 12.7. The van der Waals surface area contributed by atoms with Crippen molar-refractivity contribution in [1.82, 2.24) is 9.47 Å². The number of carbonyl (C=O) groups is 1. The van der Waals surface area contributed by atoms with E-state index in [-0.39, 0.29) is 11.8 Å². The van der Waals surface area contributed by atoms with E-state index in [0.717, 1.165) is 38.2 Å². The largest absolute Gasteiger partial charge is 0.341 e. The van der Waals surface area contributed by atoms with Crippen molar-refractivity contribution in [1.29, 1.82) is 0 Å². The first-order chi connectivity index (χ1) is 13.2. The van der Waals surface area contributed by atoms with Crippen LogP contribution < -0.4 is 5.32 Å². The van der Waals surface area contributed by atoms with Crippen molar-refractivity contribution < 1.29 is 4.79 Å². The van der Waals surface area contributed by atoms with Crippen molar-refractivity contribution in [3.05, 3.63) is 42.5 Å². The Hall–Kier alpha value is -2.77. The molecule has 1 amide bonds. The molecule has 4 rings (SSSR count). The summed E-state index contributed by atoms with van der Waals surface area (Å²) >= 11 is 0. The summed E-state index contributed by atoms with van der Waals surface area (Å²) in [7, 11) is 0. The first kappa shape index (κ1) is 17.6. The molecule has 1 N–H and O–H groups in total. The molecule has 1 aliphatic heterocycles. The minimum Gasteiger partial charge on any atom is -0.341 e. The molecule has 2 aromatic carbocycles. The Labute approximate surface area is 160 Å². The molecule has 4 nitrogen and oxygen atoms in total. The fourth-order valence-corrected chi connectivity index (χ4v) is 4.20. The van der Waals surface area contributed by atoms with Gasteiger partial charge in [0.25, 0.3) is 0 Å². The van der Waals surface area contributed by atoms with Gasteiger partial charge in [-0.25, -0.2) is 0 Å². The Morgan fingerprint density at radius 1 is 1.15 bits per heavy atom. The number of rotatable bonds is 4. The molecule has 0 saturated carbocycles. The first-order valence-corrected chi connectivity index (χ1v) is 9.69. The minimum atomic E-state index is 0.0618. The van der Waals surface area contributed by atoms with Crippen LogP contribution in [0.3, 0.4) is 0 Å². The molecule has 27 heavy (non-hydrogen) atoms. The van der Waals surface area contributed by atoms with Crippen molar-refractivity contribution in [2.45, 2.75) is 26.3 Å². The minimum absolute atomic E-state index is 0.0618. The maximum Gasteiger partial charge on any atom is 0.227 e. The molecular weight excluding hydrogens is 334 g/mol. The van der Waals surface area contributed by atoms with E-state index < -0.39 is 0 Å². The van der Waals surface area contributed by atoms with Crippen LogP contribution in [-0.4, -0.2) is 35.0 Å². The number of anilines is 1. The summed E-state index contributed by atoms with van der Waals surface area (Å²) in [6, 6.07) is 14.7. The number of piperidine rings is 1. The Morgan fingerprint density at radius 3 is 2.63 bits per heavy atom. The molecule has 0 aliphatic carbocycles. The van der Waals surface area contributed by atoms with Crippen molar-refractivity contribution in [2.75, 3.05) is 25.0 Å². The first-order valence-electron chi connectivity index (χ1n) is 9.69. The molecule has 0 radical (unpaired) electrons. The molecule has 1 fully saturated rings. The summed E-state index contributed by atoms with van der Waals surface area (Å²) in [6.07, 6.45) is 7.11. The third-order valence-corrected chi connectivity index (χ3v) is 5.63. The van der Waals surface area contributed by atoms with Crippen LogP contribution in [0.1, 0.15) is 19.8 Å². The molecule has 3 aromatic rings. The summed E-state index contributed by atoms with van der Waals surface area (Å²) in [5, 5.41) is 5.55. The lowest BCUT2D eigenvalue weighted by atomic mass is 9.96. The fraction of sp³-hybridized carbons (Fsp3) is 0.348. The van der Waals surface area contributed by atoms with Gasteiger partial charge in [0.15, 0.2) is 0 Å². The number of terminal acetylenes is 1. The van der Waals surface area contributed by atoms with Crippen molar-refractivity contribution in [3.63, 3.8) is 0 Å². The number of likely N-dealkylation sites (tertiary alicyclic amines) is 1. The number of carbonyl (C=O) groups excluding carboxylic acids is 1. The zero-order chi connectivity index (χ0) is 18.8. The third kappa shape index (κ3) is 3.31. The summed E-state index contributed by atoms with van der Waals surface area (Å²) in [5.41, 5.74) is 3.32. The Balaban J connectivity index is 1.56. The summed E-state index contributed by atoms with van der Waals surface area (Å²) in [4.78, 5) is 14.9. The molecular formula is C23H25N3O. The molecule has 2 heterocycles. The monoisotopic (exact) mass is 359 g/mol. The number of hydrogen-bond acceptors (Lipinski definition) is 2. The van der Waals surface area contributed by atoms with Crippen molar-refractivity contribution in [2.24, 2.45) is 5.92 Å². The van der Waals surface area contributed by atoms with E-state index in [1.807, 2.05) is 6.07 Å². The smallest absolute Gasteiger partial charge is 0.227 e. The van der Waals surface area contributed by atoms with E-state index in [1.54, 1.807) is 0 Å². The molecule has 0 unspecified atom stereocenters. The number of hydrogen-bond donors (Lipinski definition) is 1. The maximum absolute atomic E-state index is 12.7. The van der Waals surface area contributed by atoms with Crippen LogP contribution in [0.5, 0.6) is 0 Å². The predicted molar refractivity (Wildman–Crippen MR) is 112 cm³/mol. The Morgan fingerprint density at radius 2 is 1.89 bits per heavy atom. The van der Waals surface area contributed by atoms with E-state index in [9.17, 15) is 4.79 Å². The number of nitrogens with zero attached hydrogens (tertiary/aromatic N) is 2. The van der Waals surface area contributed by atoms with Crippen molar-refractivity contribution >= 4 is 33.4 Å². The zero-order valence-corrected chi connectivity index (χ0v) is 15.7. The fourth-order valence-electron chi connectivity index (χ4n) is 4.20. The highest BCUT2D eigenvalue weighted by atomic mass is 16.1. The quantitative estimate of drug-likeness (QED) is 0.712. The molecule has 4 heteroatoms. The van der Waals surface area contributed by atoms with E-state index in [4.69, 9.17) is 6.42 Å². The number of para-hydroxylation sites is 1. The second-order valence-corrected chi connectivity index (χ2v) is 7.24. The van der Waals surface area contributed by atoms with Gasteiger partial charge in [0.05, 0.1) is 6.54 Å².